The minimum atomic E-state index is -0.0171. The molecular formula is C16H16ClN3O. The summed E-state index contributed by atoms with van der Waals surface area (Å²) >= 11 is 5.98. The molecule has 1 fully saturated rings. The number of benzene rings is 1. The van der Waals surface area contributed by atoms with Gasteiger partial charge in [-0.05, 0) is 49.2 Å². The van der Waals surface area contributed by atoms with E-state index in [1.54, 1.807) is 22.2 Å². The molecule has 2 heterocycles. The van der Waals surface area contributed by atoms with Gasteiger partial charge < -0.3 is 0 Å². The van der Waals surface area contributed by atoms with Crippen molar-refractivity contribution in [1.82, 2.24) is 4.98 Å². The first kappa shape index (κ1) is 13.9. The molecule has 1 aromatic carbocycles. The smallest absolute Gasteiger partial charge is 0.292 e. The molecule has 1 aromatic heterocycles. The number of nitrogens with zero attached hydrogens (tertiary/aromatic N) is 3. The van der Waals surface area contributed by atoms with Crippen molar-refractivity contribution in [3.05, 3.63) is 52.8 Å². The van der Waals surface area contributed by atoms with Gasteiger partial charge in [0, 0.05) is 30.0 Å². The standard InChI is InChI=1S/C16H16ClN3O/c1-11-5-6-18-10-15(11)20-8-7-19(16(20)21)14-4-3-13(17)9-12(14)2/h3-6,9-10H,7-8H2,1-2H3. The summed E-state index contributed by atoms with van der Waals surface area (Å²) < 4.78 is 0. The number of pyridine rings is 1. The van der Waals surface area contributed by atoms with Crippen molar-refractivity contribution in [2.45, 2.75) is 13.8 Å². The summed E-state index contributed by atoms with van der Waals surface area (Å²) in [6, 6.07) is 7.49. The predicted octanol–water partition coefficient (Wildman–Crippen LogP) is 3.80. The molecule has 0 aliphatic carbocycles. The number of halogens is 1. The first-order chi connectivity index (χ1) is 10.1. The third kappa shape index (κ3) is 2.47. The lowest BCUT2D eigenvalue weighted by Crippen LogP contribution is -2.32. The highest BCUT2D eigenvalue weighted by atomic mass is 35.5. The Morgan fingerprint density at radius 1 is 1.05 bits per heavy atom. The quantitative estimate of drug-likeness (QED) is 0.846. The largest absolute Gasteiger partial charge is 0.329 e. The van der Waals surface area contributed by atoms with Gasteiger partial charge in [-0.1, -0.05) is 11.6 Å². The summed E-state index contributed by atoms with van der Waals surface area (Å²) in [5.41, 5.74) is 3.83. The van der Waals surface area contributed by atoms with E-state index in [0.717, 1.165) is 22.5 Å². The molecule has 5 heteroatoms. The fourth-order valence-electron chi connectivity index (χ4n) is 2.64. The van der Waals surface area contributed by atoms with E-state index in [9.17, 15) is 4.79 Å². The van der Waals surface area contributed by atoms with E-state index in [0.29, 0.717) is 18.1 Å². The van der Waals surface area contributed by atoms with E-state index in [1.165, 1.54) is 0 Å². The van der Waals surface area contributed by atoms with Crippen LogP contribution in [-0.4, -0.2) is 24.1 Å². The topological polar surface area (TPSA) is 36.4 Å². The van der Waals surface area contributed by atoms with E-state index in [1.807, 2.05) is 38.1 Å². The van der Waals surface area contributed by atoms with Gasteiger partial charge in [0.15, 0.2) is 0 Å². The van der Waals surface area contributed by atoms with Crippen LogP contribution >= 0.6 is 11.6 Å². The third-order valence-electron chi connectivity index (χ3n) is 3.76. The molecule has 1 aliphatic rings. The van der Waals surface area contributed by atoms with Crippen molar-refractivity contribution in [2.24, 2.45) is 0 Å². The summed E-state index contributed by atoms with van der Waals surface area (Å²) in [5.74, 6) is 0. The van der Waals surface area contributed by atoms with Gasteiger partial charge in [-0.2, -0.15) is 0 Å². The van der Waals surface area contributed by atoms with Crippen molar-refractivity contribution in [1.29, 1.82) is 0 Å². The molecular weight excluding hydrogens is 286 g/mol. The Bertz CT molecular complexity index is 702. The van der Waals surface area contributed by atoms with Gasteiger partial charge in [0.05, 0.1) is 11.9 Å². The van der Waals surface area contributed by atoms with Crippen molar-refractivity contribution in [3.8, 4) is 0 Å². The molecule has 0 spiro atoms. The summed E-state index contributed by atoms with van der Waals surface area (Å²) in [7, 11) is 0. The van der Waals surface area contributed by atoms with E-state index < -0.39 is 0 Å². The van der Waals surface area contributed by atoms with Gasteiger partial charge >= 0.3 is 6.03 Å². The van der Waals surface area contributed by atoms with E-state index >= 15 is 0 Å². The minimum Gasteiger partial charge on any atom is -0.292 e. The van der Waals surface area contributed by atoms with Crippen LogP contribution in [0.5, 0.6) is 0 Å². The maximum absolute atomic E-state index is 12.7. The van der Waals surface area contributed by atoms with Gasteiger partial charge in [0.2, 0.25) is 0 Å². The van der Waals surface area contributed by atoms with Crippen LogP contribution in [0.2, 0.25) is 5.02 Å². The molecule has 1 saturated heterocycles. The van der Waals surface area contributed by atoms with Crippen LogP contribution in [-0.2, 0) is 0 Å². The zero-order valence-corrected chi connectivity index (χ0v) is 12.8. The van der Waals surface area contributed by atoms with Gasteiger partial charge in [0.1, 0.15) is 0 Å². The van der Waals surface area contributed by atoms with Crippen molar-refractivity contribution in [2.75, 3.05) is 22.9 Å². The van der Waals surface area contributed by atoms with Gasteiger partial charge in [-0.15, -0.1) is 0 Å². The van der Waals surface area contributed by atoms with Crippen LogP contribution < -0.4 is 9.80 Å². The van der Waals surface area contributed by atoms with Crippen molar-refractivity contribution >= 4 is 29.0 Å². The predicted molar refractivity (Wildman–Crippen MR) is 85.3 cm³/mol. The second kappa shape index (κ2) is 5.37. The summed E-state index contributed by atoms with van der Waals surface area (Å²) in [5, 5.41) is 0.683. The molecule has 0 atom stereocenters. The number of aromatic nitrogens is 1. The van der Waals surface area contributed by atoms with Gasteiger partial charge in [-0.3, -0.25) is 14.8 Å². The lowest BCUT2D eigenvalue weighted by atomic mass is 10.2. The molecule has 0 bridgehead atoms. The van der Waals surface area contributed by atoms with E-state index in [2.05, 4.69) is 4.98 Å². The van der Waals surface area contributed by atoms with Crippen LogP contribution in [0.4, 0.5) is 16.2 Å². The normalized spacial score (nSPS) is 14.9. The highest BCUT2D eigenvalue weighted by molar-refractivity contribution is 6.30. The van der Waals surface area contributed by atoms with Gasteiger partial charge in [-0.25, -0.2) is 4.79 Å². The molecule has 21 heavy (non-hydrogen) atoms. The average molecular weight is 302 g/mol. The summed E-state index contributed by atoms with van der Waals surface area (Å²) in [4.78, 5) is 20.4. The summed E-state index contributed by atoms with van der Waals surface area (Å²) in [6.45, 7) is 5.27. The zero-order chi connectivity index (χ0) is 15.0. The lowest BCUT2D eigenvalue weighted by Gasteiger charge is -2.21. The Balaban J connectivity index is 1.92. The lowest BCUT2D eigenvalue weighted by molar-refractivity contribution is 0.256. The second-order valence-corrected chi connectivity index (χ2v) is 5.62. The molecule has 2 aromatic rings. The third-order valence-corrected chi connectivity index (χ3v) is 4.00. The monoisotopic (exact) mass is 301 g/mol. The molecule has 0 radical (unpaired) electrons. The van der Waals surface area contributed by atoms with E-state index in [-0.39, 0.29) is 6.03 Å². The average Bonchev–Trinajstić information content (AvgIpc) is 2.81. The van der Waals surface area contributed by atoms with Crippen molar-refractivity contribution in [3.63, 3.8) is 0 Å². The maximum atomic E-state index is 12.7. The first-order valence-electron chi connectivity index (χ1n) is 6.84. The molecule has 0 saturated carbocycles. The van der Waals surface area contributed by atoms with Crippen LogP contribution in [0.25, 0.3) is 0 Å². The summed E-state index contributed by atoms with van der Waals surface area (Å²) in [6.07, 6.45) is 3.48. The number of anilines is 2. The number of carbonyl (C=O) groups is 1. The maximum Gasteiger partial charge on any atom is 0.329 e. The molecule has 108 valence electrons. The Labute approximate surface area is 129 Å². The van der Waals surface area contributed by atoms with Crippen LogP contribution in [0, 0.1) is 13.8 Å². The van der Waals surface area contributed by atoms with Crippen molar-refractivity contribution < 1.29 is 4.79 Å². The molecule has 2 amide bonds. The van der Waals surface area contributed by atoms with Crippen LogP contribution in [0.1, 0.15) is 11.1 Å². The molecule has 4 nitrogen and oxygen atoms in total. The Morgan fingerprint density at radius 2 is 1.76 bits per heavy atom. The Morgan fingerprint density at radius 3 is 2.43 bits per heavy atom. The molecule has 0 N–H and O–H groups in total. The number of rotatable bonds is 2. The van der Waals surface area contributed by atoms with Crippen LogP contribution in [0.3, 0.4) is 0 Å². The van der Waals surface area contributed by atoms with Gasteiger partial charge in [0.25, 0.3) is 0 Å². The highest BCUT2D eigenvalue weighted by Gasteiger charge is 2.32. The zero-order valence-electron chi connectivity index (χ0n) is 12.0. The molecule has 0 unspecified atom stereocenters. The number of carbonyl (C=O) groups excluding carboxylic acids is 1. The SMILES string of the molecule is Cc1cc(Cl)ccc1N1CCN(c2cnccc2C)C1=O. The Kier molecular flexibility index (Phi) is 3.55. The fraction of sp³-hybridized carbons (Fsp3) is 0.250. The first-order valence-corrected chi connectivity index (χ1v) is 7.21. The Hall–Kier alpha value is -2.07. The number of urea groups is 1. The molecule has 3 rings (SSSR count). The number of aryl methyl sites for hydroxylation is 2. The number of hydrogen-bond donors (Lipinski definition) is 0. The fourth-order valence-corrected chi connectivity index (χ4v) is 2.87. The molecule has 1 aliphatic heterocycles. The highest BCUT2D eigenvalue weighted by Crippen LogP contribution is 2.29. The number of amides is 2. The second-order valence-electron chi connectivity index (χ2n) is 5.18. The number of hydrogen-bond acceptors (Lipinski definition) is 2. The minimum absolute atomic E-state index is 0.0171. The van der Waals surface area contributed by atoms with E-state index in [4.69, 9.17) is 11.6 Å². The van der Waals surface area contributed by atoms with Crippen LogP contribution in [0.15, 0.2) is 36.7 Å².